The summed E-state index contributed by atoms with van der Waals surface area (Å²) < 4.78 is 0. The maximum absolute atomic E-state index is 10.1. The minimum absolute atomic E-state index is 0. The summed E-state index contributed by atoms with van der Waals surface area (Å²) in [4.78, 5) is 20.2. The fraction of sp³-hybridized carbons (Fsp3) is 0.917. The summed E-state index contributed by atoms with van der Waals surface area (Å²) >= 11 is 0. The van der Waals surface area contributed by atoms with Crippen LogP contribution in [-0.2, 0) is 9.59 Å². The van der Waals surface area contributed by atoms with Crippen molar-refractivity contribution in [2.24, 2.45) is 0 Å². The van der Waals surface area contributed by atoms with E-state index in [-0.39, 0.29) is 40.1 Å². The molecule has 0 amide bonds. The first-order valence-electron chi connectivity index (χ1n) is 11.9. The van der Waals surface area contributed by atoms with Crippen LogP contribution in [0.5, 0.6) is 0 Å². The molecule has 0 spiro atoms. The fourth-order valence-corrected chi connectivity index (χ4v) is 3.16. The first-order valence-corrected chi connectivity index (χ1v) is 11.9. The minimum Gasteiger partial charge on any atom is -0.550 e. The van der Waals surface area contributed by atoms with Gasteiger partial charge in [-0.25, -0.2) is 0 Å². The van der Waals surface area contributed by atoms with Crippen molar-refractivity contribution in [3.05, 3.63) is 0 Å². The molecule has 172 valence electrons. The first-order chi connectivity index (χ1) is 13.5. The van der Waals surface area contributed by atoms with Crippen molar-refractivity contribution in [3.8, 4) is 0 Å². The van der Waals surface area contributed by atoms with Crippen LogP contribution in [0.25, 0.3) is 0 Å². The van der Waals surface area contributed by atoms with Gasteiger partial charge in [0, 0.05) is 39.2 Å². The fourth-order valence-electron chi connectivity index (χ4n) is 3.16. The SMILES string of the molecule is CCCCCCCCCCCC(=O)[O-].CCCCCCCCCCCC(=O)[O-].[Pb]. The van der Waals surface area contributed by atoms with Crippen molar-refractivity contribution < 1.29 is 19.8 Å². The van der Waals surface area contributed by atoms with Gasteiger partial charge in [0.25, 0.3) is 0 Å². The van der Waals surface area contributed by atoms with E-state index in [9.17, 15) is 19.8 Å². The predicted octanol–water partition coefficient (Wildman–Crippen LogP) is 4.93. The third-order valence-electron chi connectivity index (χ3n) is 4.97. The second kappa shape index (κ2) is 30.1. The number of rotatable bonds is 20. The van der Waals surface area contributed by atoms with Gasteiger partial charge in [0.1, 0.15) is 0 Å². The molecule has 4 nitrogen and oxygen atoms in total. The third-order valence-corrected chi connectivity index (χ3v) is 4.97. The van der Waals surface area contributed by atoms with Crippen LogP contribution in [0.4, 0.5) is 0 Å². The molecular weight excluding hydrogens is 559 g/mol. The van der Waals surface area contributed by atoms with E-state index in [4.69, 9.17) is 0 Å². The predicted molar refractivity (Wildman–Crippen MR) is 119 cm³/mol. The number of carbonyl (C=O) groups excluding carboxylic acids is 2. The molecule has 0 fully saturated rings. The van der Waals surface area contributed by atoms with Crippen molar-refractivity contribution in [1.82, 2.24) is 0 Å². The summed E-state index contributed by atoms with van der Waals surface area (Å²) in [5.41, 5.74) is 0. The van der Waals surface area contributed by atoms with Gasteiger partial charge in [-0.1, -0.05) is 117 Å². The Morgan fingerprint density at radius 1 is 0.448 bits per heavy atom. The second-order valence-electron chi connectivity index (χ2n) is 7.90. The summed E-state index contributed by atoms with van der Waals surface area (Å²) in [5, 5.41) is 20.2. The van der Waals surface area contributed by atoms with E-state index < -0.39 is 11.9 Å². The molecule has 0 saturated heterocycles. The molecule has 0 aliphatic rings. The van der Waals surface area contributed by atoms with Crippen molar-refractivity contribution >= 4 is 39.2 Å². The molecule has 5 heteroatoms. The molecule has 0 heterocycles. The van der Waals surface area contributed by atoms with Gasteiger partial charge in [-0.3, -0.25) is 0 Å². The standard InChI is InChI=1S/2C12H24O2.Pb/c2*1-2-3-4-5-6-7-8-9-10-11-12(13)14;/h2*2-11H2,1H3,(H,13,14);/p-2. The molecule has 0 rings (SSSR count). The molecule has 4 radical (unpaired) electrons. The number of unbranched alkanes of at least 4 members (excludes halogenated alkanes) is 16. The topological polar surface area (TPSA) is 80.3 Å². The first kappa shape index (κ1) is 33.5. The van der Waals surface area contributed by atoms with E-state index >= 15 is 0 Å². The number of aliphatic carboxylic acids is 2. The van der Waals surface area contributed by atoms with Crippen LogP contribution < -0.4 is 10.2 Å². The van der Waals surface area contributed by atoms with Gasteiger partial charge in [-0.05, 0) is 25.7 Å². The van der Waals surface area contributed by atoms with Crippen molar-refractivity contribution in [1.29, 1.82) is 0 Å². The summed E-state index contributed by atoms with van der Waals surface area (Å²) in [6.45, 7) is 4.44. The van der Waals surface area contributed by atoms with E-state index in [1.165, 1.54) is 89.9 Å². The summed E-state index contributed by atoms with van der Waals surface area (Å²) in [5.74, 6) is -1.82. The molecule has 0 aromatic heterocycles. The number of hydrogen-bond acceptors (Lipinski definition) is 4. The number of carboxylic acid groups (broad SMARTS) is 2. The van der Waals surface area contributed by atoms with E-state index in [2.05, 4.69) is 13.8 Å². The van der Waals surface area contributed by atoms with E-state index in [1.807, 2.05) is 0 Å². The van der Waals surface area contributed by atoms with Crippen molar-refractivity contribution in [3.63, 3.8) is 0 Å². The van der Waals surface area contributed by atoms with Gasteiger partial charge in [-0.2, -0.15) is 0 Å². The van der Waals surface area contributed by atoms with Gasteiger partial charge in [0.05, 0.1) is 0 Å². The van der Waals surface area contributed by atoms with E-state index in [0.29, 0.717) is 0 Å². The van der Waals surface area contributed by atoms with Crippen LogP contribution in [0.1, 0.15) is 142 Å². The average Bonchev–Trinajstić information content (AvgIpc) is 2.65. The van der Waals surface area contributed by atoms with Crippen LogP contribution in [0.2, 0.25) is 0 Å². The Balaban J connectivity index is -0.000000451. The van der Waals surface area contributed by atoms with Crippen LogP contribution in [0.3, 0.4) is 0 Å². The second-order valence-corrected chi connectivity index (χ2v) is 7.90. The van der Waals surface area contributed by atoms with Crippen LogP contribution in [-0.4, -0.2) is 39.2 Å². The smallest absolute Gasteiger partial charge is 0.0414 e. The number of carbonyl (C=O) groups is 2. The number of carboxylic acids is 2. The average molecular weight is 606 g/mol. The molecule has 0 aromatic carbocycles. The van der Waals surface area contributed by atoms with Gasteiger partial charge in [0.15, 0.2) is 0 Å². The zero-order valence-corrected chi connectivity index (χ0v) is 23.2. The summed E-state index contributed by atoms with van der Waals surface area (Å²) in [7, 11) is 0. The van der Waals surface area contributed by atoms with Gasteiger partial charge in [0.2, 0.25) is 0 Å². The number of hydrogen-bond donors (Lipinski definition) is 0. The van der Waals surface area contributed by atoms with Gasteiger partial charge in [-0.15, -0.1) is 0 Å². The molecule has 29 heavy (non-hydrogen) atoms. The molecule has 0 atom stereocenters. The molecule has 0 saturated carbocycles. The quantitative estimate of drug-likeness (QED) is 0.146. The van der Waals surface area contributed by atoms with E-state index in [1.54, 1.807) is 0 Å². The summed E-state index contributed by atoms with van der Waals surface area (Å²) in [6.07, 6.45) is 22.3. The largest absolute Gasteiger partial charge is 0.550 e. The van der Waals surface area contributed by atoms with Crippen LogP contribution >= 0.6 is 0 Å². The summed E-state index contributed by atoms with van der Waals surface area (Å²) in [6, 6.07) is 0. The Labute approximate surface area is 200 Å². The minimum atomic E-state index is -0.909. The van der Waals surface area contributed by atoms with Crippen LogP contribution in [0, 0.1) is 0 Å². The molecule has 0 N–H and O–H groups in total. The Morgan fingerprint density at radius 3 is 0.862 bits per heavy atom. The Hall–Kier alpha value is -0.138. The Bertz CT molecular complexity index is 303. The van der Waals surface area contributed by atoms with Crippen molar-refractivity contribution in [2.45, 2.75) is 142 Å². The maximum atomic E-state index is 10.1. The van der Waals surface area contributed by atoms with Crippen LogP contribution in [0.15, 0.2) is 0 Å². The Morgan fingerprint density at radius 2 is 0.655 bits per heavy atom. The third kappa shape index (κ3) is 39.0. The normalized spacial score (nSPS) is 10.0. The van der Waals surface area contributed by atoms with Gasteiger partial charge < -0.3 is 19.8 Å². The van der Waals surface area contributed by atoms with Gasteiger partial charge >= 0.3 is 0 Å². The molecule has 0 aliphatic carbocycles. The van der Waals surface area contributed by atoms with Crippen molar-refractivity contribution in [2.75, 3.05) is 0 Å². The molecule has 0 aromatic rings. The Kier molecular flexibility index (Phi) is 34.7. The zero-order valence-electron chi connectivity index (χ0n) is 19.3. The zero-order chi connectivity index (χ0) is 21.3. The maximum Gasteiger partial charge on any atom is 0.0414 e. The monoisotopic (exact) mass is 606 g/mol. The van der Waals surface area contributed by atoms with E-state index in [0.717, 1.165) is 25.7 Å². The molecular formula is C24H46O4Pb-2. The molecule has 0 unspecified atom stereocenters. The molecule has 0 bridgehead atoms. The molecule has 0 aliphatic heterocycles.